The summed E-state index contributed by atoms with van der Waals surface area (Å²) in [5, 5.41) is 0. The molecule has 0 radical (unpaired) electrons. The molecule has 3 aromatic rings. The third kappa shape index (κ3) is 4.56. The van der Waals surface area contributed by atoms with Crippen molar-refractivity contribution < 1.29 is 22.3 Å². The van der Waals surface area contributed by atoms with Gasteiger partial charge in [0.05, 0.1) is 6.61 Å². The topological polar surface area (TPSA) is 9.23 Å². The highest BCUT2D eigenvalue weighted by molar-refractivity contribution is 5.73. The molecule has 0 fully saturated rings. The van der Waals surface area contributed by atoms with Crippen molar-refractivity contribution in [2.45, 2.75) is 26.7 Å². The summed E-state index contributed by atoms with van der Waals surface area (Å²) >= 11 is 0. The fraction of sp³-hybridized carbons (Fsp3) is 0.200. The maximum Gasteiger partial charge on any atom is 0.201 e. The number of ether oxygens (including phenoxy) is 1. The molecule has 3 rings (SSSR count). The van der Waals surface area contributed by atoms with Crippen molar-refractivity contribution in [3.63, 3.8) is 0 Å². The molecule has 5 heteroatoms. The van der Waals surface area contributed by atoms with Crippen molar-refractivity contribution in [3.8, 4) is 16.9 Å². The van der Waals surface area contributed by atoms with E-state index in [4.69, 9.17) is 4.74 Å². The van der Waals surface area contributed by atoms with Crippen LogP contribution < -0.4 is 4.74 Å². The summed E-state index contributed by atoms with van der Waals surface area (Å²) in [5.74, 6) is -3.82. The molecule has 0 aliphatic heterocycles. The monoisotopic (exact) mass is 414 g/mol. The highest BCUT2D eigenvalue weighted by atomic mass is 19.2. The van der Waals surface area contributed by atoms with E-state index < -0.39 is 23.3 Å². The molecule has 0 saturated heterocycles. The minimum Gasteiger partial charge on any atom is -0.491 e. The van der Waals surface area contributed by atoms with Crippen molar-refractivity contribution in [2.75, 3.05) is 6.61 Å². The van der Waals surface area contributed by atoms with Gasteiger partial charge in [0, 0.05) is 11.1 Å². The van der Waals surface area contributed by atoms with E-state index in [0.29, 0.717) is 23.1 Å². The first-order valence-electron chi connectivity index (χ1n) is 9.82. The van der Waals surface area contributed by atoms with Crippen LogP contribution in [0.2, 0.25) is 0 Å². The van der Waals surface area contributed by atoms with Gasteiger partial charge in [-0.2, -0.15) is 4.39 Å². The average molecular weight is 414 g/mol. The van der Waals surface area contributed by atoms with E-state index in [9.17, 15) is 17.6 Å². The molecule has 0 aliphatic rings. The zero-order chi connectivity index (χ0) is 21.7. The maximum atomic E-state index is 14.4. The first-order chi connectivity index (χ1) is 14.5. The Morgan fingerprint density at radius 2 is 1.47 bits per heavy atom. The van der Waals surface area contributed by atoms with Crippen LogP contribution in [0.3, 0.4) is 0 Å². The van der Waals surface area contributed by atoms with E-state index in [1.165, 1.54) is 18.2 Å². The Morgan fingerprint density at radius 1 is 0.733 bits per heavy atom. The summed E-state index contributed by atoms with van der Waals surface area (Å²) in [7, 11) is 0. The predicted octanol–water partition coefficient (Wildman–Crippen LogP) is 7.43. The number of benzene rings is 3. The zero-order valence-electron chi connectivity index (χ0n) is 16.8. The second kappa shape index (κ2) is 9.61. The molecule has 0 saturated carbocycles. The van der Waals surface area contributed by atoms with Gasteiger partial charge in [0.1, 0.15) is 0 Å². The number of aryl methyl sites for hydroxylation is 1. The second-order valence-electron chi connectivity index (χ2n) is 6.82. The predicted molar refractivity (Wildman–Crippen MR) is 112 cm³/mol. The Bertz CT molecular complexity index is 1060. The highest BCUT2D eigenvalue weighted by Gasteiger charge is 2.15. The Balaban J connectivity index is 1.82. The molecule has 0 unspecified atom stereocenters. The minimum atomic E-state index is -1.03. The molecule has 1 nitrogen and oxygen atoms in total. The molecule has 0 N–H and O–H groups in total. The maximum absolute atomic E-state index is 14.4. The molecule has 30 heavy (non-hydrogen) atoms. The zero-order valence-corrected chi connectivity index (χ0v) is 16.8. The summed E-state index contributed by atoms with van der Waals surface area (Å²) in [6.07, 6.45) is 4.34. The third-order valence-electron chi connectivity index (χ3n) is 4.74. The molecule has 0 bridgehead atoms. The van der Waals surface area contributed by atoms with Crippen molar-refractivity contribution in [1.29, 1.82) is 0 Å². The average Bonchev–Trinajstić information content (AvgIpc) is 2.75. The molecule has 156 valence electrons. The molecule has 0 aliphatic carbocycles. The molecule has 0 aromatic heterocycles. The van der Waals surface area contributed by atoms with Gasteiger partial charge >= 0.3 is 0 Å². The number of halogens is 4. The molecule has 0 amide bonds. The van der Waals surface area contributed by atoms with Crippen LogP contribution >= 0.6 is 0 Å². The third-order valence-corrected chi connectivity index (χ3v) is 4.74. The molecular formula is C25H22F4O. The van der Waals surface area contributed by atoms with Gasteiger partial charge in [0.2, 0.25) is 5.82 Å². The summed E-state index contributed by atoms with van der Waals surface area (Å²) in [4.78, 5) is 0. The highest BCUT2D eigenvalue weighted by Crippen LogP contribution is 2.30. The number of rotatable bonds is 7. The summed E-state index contributed by atoms with van der Waals surface area (Å²) < 4.78 is 61.8. The number of hydrogen-bond donors (Lipinski definition) is 0. The van der Waals surface area contributed by atoms with Gasteiger partial charge in [-0.3, -0.25) is 0 Å². The van der Waals surface area contributed by atoms with Gasteiger partial charge in [0.15, 0.2) is 23.2 Å². The van der Waals surface area contributed by atoms with Crippen molar-refractivity contribution in [3.05, 3.63) is 88.5 Å². The standard InChI is InChI=1S/C25H22F4O/c1-3-5-18-12-13-19(23(27)22(18)26)11-8-16-6-9-17(10-7-16)20-14-15-21(30-4-2)25(29)24(20)28/h6-15H,3-5H2,1-2H3. The Kier molecular flexibility index (Phi) is 6.93. The smallest absolute Gasteiger partial charge is 0.201 e. The SMILES string of the molecule is CCCc1ccc(C=Cc2ccc(-c3ccc(OCC)c(F)c3F)cc2)c(F)c1F. The van der Waals surface area contributed by atoms with Crippen molar-refractivity contribution in [2.24, 2.45) is 0 Å². The molecule has 0 spiro atoms. The van der Waals surface area contributed by atoms with E-state index in [1.54, 1.807) is 49.4 Å². The Hall–Kier alpha value is -3.08. The minimum absolute atomic E-state index is 0.117. The van der Waals surface area contributed by atoms with Crippen LogP contribution in [-0.2, 0) is 6.42 Å². The van der Waals surface area contributed by atoms with E-state index >= 15 is 0 Å². The van der Waals surface area contributed by atoms with Crippen LogP contribution in [0.1, 0.15) is 37.0 Å². The fourth-order valence-electron chi connectivity index (χ4n) is 3.18. The van der Waals surface area contributed by atoms with Gasteiger partial charge in [0.25, 0.3) is 0 Å². The summed E-state index contributed by atoms with van der Waals surface area (Å²) in [5.41, 5.74) is 1.83. The number of hydrogen-bond acceptors (Lipinski definition) is 1. The fourth-order valence-corrected chi connectivity index (χ4v) is 3.18. The van der Waals surface area contributed by atoms with E-state index in [0.717, 1.165) is 6.42 Å². The van der Waals surface area contributed by atoms with Crippen LogP contribution in [0.15, 0.2) is 48.5 Å². The lowest BCUT2D eigenvalue weighted by atomic mass is 10.0. The van der Waals surface area contributed by atoms with Crippen LogP contribution in [0, 0.1) is 23.3 Å². The first kappa shape index (κ1) is 21.6. The van der Waals surface area contributed by atoms with Crippen LogP contribution in [0.25, 0.3) is 23.3 Å². The van der Waals surface area contributed by atoms with E-state index in [1.807, 2.05) is 6.92 Å². The van der Waals surface area contributed by atoms with Crippen LogP contribution in [0.4, 0.5) is 17.6 Å². The quantitative estimate of drug-likeness (QED) is 0.288. The Labute approximate surface area is 173 Å². The van der Waals surface area contributed by atoms with E-state index in [2.05, 4.69) is 0 Å². The largest absolute Gasteiger partial charge is 0.491 e. The molecule has 0 heterocycles. The lowest BCUT2D eigenvalue weighted by Gasteiger charge is -2.09. The Morgan fingerprint density at radius 3 is 2.13 bits per heavy atom. The molecule has 0 atom stereocenters. The lowest BCUT2D eigenvalue weighted by Crippen LogP contribution is -1.98. The summed E-state index contributed by atoms with van der Waals surface area (Å²) in [6, 6.07) is 12.7. The second-order valence-corrected chi connectivity index (χ2v) is 6.82. The van der Waals surface area contributed by atoms with Gasteiger partial charge in [-0.1, -0.05) is 61.9 Å². The normalized spacial score (nSPS) is 11.3. The summed E-state index contributed by atoms with van der Waals surface area (Å²) in [6.45, 7) is 3.84. The van der Waals surface area contributed by atoms with Crippen molar-refractivity contribution >= 4 is 12.2 Å². The van der Waals surface area contributed by atoms with Gasteiger partial charge in [-0.25, -0.2) is 13.2 Å². The van der Waals surface area contributed by atoms with Crippen LogP contribution in [0.5, 0.6) is 5.75 Å². The first-order valence-corrected chi connectivity index (χ1v) is 9.82. The van der Waals surface area contributed by atoms with Gasteiger partial charge < -0.3 is 4.74 Å². The molecule has 3 aromatic carbocycles. The van der Waals surface area contributed by atoms with Gasteiger partial charge in [-0.05, 0) is 42.2 Å². The molecular weight excluding hydrogens is 392 g/mol. The lowest BCUT2D eigenvalue weighted by molar-refractivity contribution is 0.314. The van der Waals surface area contributed by atoms with Crippen LogP contribution in [-0.4, -0.2) is 6.61 Å². The van der Waals surface area contributed by atoms with E-state index in [-0.39, 0.29) is 23.5 Å². The van der Waals surface area contributed by atoms with Crippen molar-refractivity contribution in [1.82, 2.24) is 0 Å². The van der Waals surface area contributed by atoms with Gasteiger partial charge in [-0.15, -0.1) is 0 Å².